The molecule has 0 atom stereocenters. The van der Waals surface area contributed by atoms with Crippen molar-refractivity contribution in [1.29, 1.82) is 0 Å². The quantitative estimate of drug-likeness (QED) is 0.430. The van der Waals surface area contributed by atoms with Crippen LogP contribution in [0.4, 0.5) is 5.13 Å². The van der Waals surface area contributed by atoms with Gasteiger partial charge in [-0.15, -0.1) is 5.10 Å². The van der Waals surface area contributed by atoms with Crippen molar-refractivity contribution in [3.8, 4) is 28.7 Å². The summed E-state index contributed by atoms with van der Waals surface area (Å²) in [6, 6.07) is 13.0. The maximum Gasteiger partial charge on any atom is 0.257 e. The summed E-state index contributed by atoms with van der Waals surface area (Å²) in [5, 5.41) is 11.7. The highest BCUT2D eigenvalue weighted by Gasteiger charge is 2.19. The molecule has 4 rings (SSSR count). The maximum atomic E-state index is 12.7. The minimum Gasteiger partial charge on any atom is -0.493 e. The van der Waals surface area contributed by atoms with Crippen molar-refractivity contribution in [3.05, 3.63) is 59.3 Å². The molecular weight excluding hydrogens is 452 g/mol. The Bertz CT molecular complexity index is 1320. The fourth-order valence-electron chi connectivity index (χ4n) is 3.40. The molecule has 34 heavy (non-hydrogen) atoms. The summed E-state index contributed by atoms with van der Waals surface area (Å²) in [6.07, 6.45) is 0. The zero-order chi connectivity index (χ0) is 24.5. The average molecular weight is 479 g/mol. The van der Waals surface area contributed by atoms with E-state index in [0.717, 1.165) is 28.5 Å². The van der Waals surface area contributed by atoms with Crippen LogP contribution in [0.2, 0.25) is 0 Å². The number of hydrogen-bond donors (Lipinski definition) is 1. The predicted octanol–water partition coefficient (Wildman–Crippen LogP) is 4.66. The number of ether oxygens (including phenoxy) is 2. The Balaban J connectivity index is 1.53. The summed E-state index contributed by atoms with van der Waals surface area (Å²) in [4.78, 5) is 17.1. The minimum atomic E-state index is -0.242. The number of methoxy groups -OCH3 is 2. The second-order valence-corrected chi connectivity index (χ2v) is 9.43. The number of carbonyl (C=O) groups is 1. The van der Waals surface area contributed by atoms with Crippen LogP contribution in [0.1, 0.15) is 42.4 Å². The first-order valence-corrected chi connectivity index (χ1v) is 11.4. The second kappa shape index (κ2) is 9.22. The molecule has 9 nitrogen and oxygen atoms in total. The lowest BCUT2D eigenvalue weighted by molar-refractivity contribution is 0.102. The summed E-state index contributed by atoms with van der Waals surface area (Å²) in [6.45, 7) is 8.28. The highest BCUT2D eigenvalue weighted by molar-refractivity contribution is 7.10. The molecule has 0 saturated carbocycles. The minimum absolute atomic E-state index is 0.0232. The zero-order valence-corrected chi connectivity index (χ0v) is 20.7. The summed E-state index contributed by atoms with van der Waals surface area (Å²) in [7, 11) is 3.16. The van der Waals surface area contributed by atoms with Gasteiger partial charge < -0.3 is 9.47 Å². The lowest BCUT2D eigenvalue weighted by atomic mass is 9.87. The van der Waals surface area contributed by atoms with Crippen molar-refractivity contribution in [2.24, 2.45) is 0 Å². The standard InChI is InChI=1S/C24H26N6O3S/c1-14-20(27-29-30(14)17-11-12-18(32-5)19(13-17)33-6)21-25-23(34-28-21)26-22(31)15-7-9-16(10-8-15)24(2,3)4/h7-13H,1-6H3,(H,25,26,28,31). The first-order valence-electron chi connectivity index (χ1n) is 10.6. The Labute approximate surface area is 201 Å². The van der Waals surface area contributed by atoms with Crippen LogP contribution in [0.15, 0.2) is 42.5 Å². The van der Waals surface area contributed by atoms with Crippen molar-refractivity contribution in [1.82, 2.24) is 24.4 Å². The molecule has 0 spiro atoms. The Kier molecular flexibility index (Phi) is 6.34. The van der Waals surface area contributed by atoms with Crippen LogP contribution in [-0.2, 0) is 5.41 Å². The first-order chi connectivity index (χ1) is 16.2. The van der Waals surface area contributed by atoms with Gasteiger partial charge >= 0.3 is 0 Å². The van der Waals surface area contributed by atoms with Crippen LogP contribution < -0.4 is 14.8 Å². The number of amides is 1. The molecule has 2 aromatic heterocycles. The SMILES string of the molecule is COc1ccc(-n2nnc(-c3nsc(NC(=O)c4ccc(C(C)(C)C)cc4)n3)c2C)cc1OC. The third-order valence-electron chi connectivity index (χ3n) is 5.38. The van der Waals surface area contributed by atoms with E-state index >= 15 is 0 Å². The van der Waals surface area contributed by atoms with Gasteiger partial charge in [-0.2, -0.15) is 9.36 Å². The monoisotopic (exact) mass is 478 g/mol. The Hall–Kier alpha value is -3.79. The van der Waals surface area contributed by atoms with Gasteiger partial charge in [0.2, 0.25) is 5.13 Å². The predicted molar refractivity (Wildman–Crippen MR) is 131 cm³/mol. The Morgan fingerprint density at radius 3 is 2.38 bits per heavy atom. The molecule has 176 valence electrons. The number of anilines is 1. The molecule has 0 saturated heterocycles. The lowest BCUT2D eigenvalue weighted by Crippen LogP contribution is -2.14. The van der Waals surface area contributed by atoms with Crippen LogP contribution in [0.3, 0.4) is 0 Å². The number of hydrogen-bond acceptors (Lipinski definition) is 8. The van der Waals surface area contributed by atoms with Gasteiger partial charge in [-0.3, -0.25) is 10.1 Å². The molecular formula is C24H26N6O3S. The molecule has 2 aromatic carbocycles. The van der Waals surface area contributed by atoms with E-state index in [-0.39, 0.29) is 11.3 Å². The Morgan fingerprint density at radius 2 is 1.74 bits per heavy atom. The van der Waals surface area contributed by atoms with Gasteiger partial charge in [-0.25, -0.2) is 4.68 Å². The maximum absolute atomic E-state index is 12.7. The van der Waals surface area contributed by atoms with Gasteiger partial charge in [0.05, 0.1) is 25.6 Å². The van der Waals surface area contributed by atoms with Crippen LogP contribution >= 0.6 is 11.5 Å². The van der Waals surface area contributed by atoms with E-state index in [1.807, 2.05) is 43.3 Å². The fourth-order valence-corrected chi connectivity index (χ4v) is 3.96. The normalized spacial score (nSPS) is 11.4. The summed E-state index contributed by atoms with van der Waals surface area (Å²) in [5.41, 5.74) is 3.78. The zero-order valence-electron chi connectivity index (χ0n) is 19.9. The van der Waals surface area contributed by atoms with Crippen molar-refractivity contribution in [2.45, 2.75) is 33.1 Å². The lowest BCUT2D eigenvalue weighted by Gasteiger charge is -2.18. The molecule has 4 aromatic rings. The van der Waals surface area contributed by atoms with E-state index in [2.05, 4.69) is 45.8 Å². The van der Waals surface area contributed by atoms with E-state index in [1.54, 1.807) is 25.0 Å². The van der Waals surface area contributed by atoms with Gasteiger partial charge in [0.25, 0.3) is 5.91 Å². The molecule has 0 fully saturated rings. The van der Waals surface area contributed by atoms with Crippen molar-refractivity contribution in [3.63, 3.8) is 0 Å². The highest BCUT2D eigenvalue weighted by atomic mass is 32.1. The molecule has 1 N–H and O–H groups in total. The van der Waals surface area contributed by atoms with E-state index < -0.39 is 0 Å². The number of carbonyl (C=O) groups excluding carboxylic acids is 1. The second-order valence-electron chi connectivity index (χ2n) is 8.68. The largest absolute Gasteiger partial charge is 0.493 e. The van der Waals surface area contributed by atoms with Crippen LogP contribution in [0, 0.1) is 6.92 Å². The smallest absolute Gasteiger partial charge is 0.257 e. The van der Waals surface area contributed by atoms with Crippen molar-refractivity contribution in [2.75, 3.05) is 19.5 Å². The van der Waals surface area contributed by atoms with Crippen LogP contribution in [-0.4, -0.2) is 44.5 Å². The molecule has 0 unspecified atom stereocenters. The molecule has 0 aliphatic heterocycles. The fraction of sp³-hybridized carbons (Fsp3) is 0.292. The first kappa shape index (κ1) is 23.4. The molecule has 2 heterocycles. The summed E-state index contributed by atoms with van der Waals surface area (Å²) < 4.78 is 16.7. The van der Waals surface area contributed by atoms with E-state index in [4.69, 9.17) is 9.47 Å². The summed E-state index contributed by atoms with van der Waals surface area (Å²) >= 11 is 1.09. The van der Waals surface area contributed by atoms with Crippen molar-refractivity contribution >= 4 is 22.6 Å². The van der Waals surface area contributed by atoms with E-state index in [0.29, 0.717) is 33.7 Å². The molecule has 0 aliphatic rings. The van der Waals surface area contributed by atoms with Gasteiger partial charge in [0.15, 0.2) is 23.0 Å². The van der Waals surface area contributed by atoms with Gasteiger partial charge in [-0.1, -0.05) is 38.1 Å². The Morgan fingerprint density at radius 1 is 1.03 bits per heavy atom. The van der Waals surface area contributed by atoms with Crippen LogP contribution in [0.25, 0.3) is 17.2 Å². The molecule has 1 amide bonds. The number of nitrogens with zero attached hydrogens (tertiary/aromatic N) is 5. The molecule has 0 radical (unpaired) electrons. The number of benzene rings is 2. The van der Waals surface area contributed by atoms with Crippen molar-refractivity contribution < 1.29 is 14.3 Å². The average Bonchev–Trinajstić information content (AvgIpc) is 3.44. The highest BCUT2D eigenvalue weighted by Crippen LogP contribution is 2.31. The molecule has 0 aliphatic carbocycles. The van der Waals surface area contributed by atoms with E-state index in [1.165, 1.54) is 0 Å². The van der Waals surface area contributed by atoms with Crippen LogP contribution in [0.5, 0.6) is 11.5 Å². The van der Waals surface area contributed by atoms with Gasteiger partial charge in [0, 0.05) is 23.2 Å². The third-order valence-corrected chi connectivity index (χ3v) is 6.01. The molecule has 10 heteroatoms. The summed E-state index contributed by atoms with van der Waals surface area (Å²) in [5.74, 6) is 1.36. The topological polar surface area (TPSA) is 104 Å². The molecule has 0 bridgehead atoms. The van der Waals surface area contributed by atoms with Gasteiger partial charge in [-0.05, 0) is 42.2 Å². The number of aromatic nitrogens is 5. The third kappa shape index (κ3) is 4.62. The van der Waals surface area contributed by atoms with E-state index in [9.17, 15) is 4.79 Å². The van der Waals surface area contributed by atoms with Gasteiger partial charge in [0.1, 0.15) is 0 Å². The number of nitrogens with one attached hydrogen (secondary N) is 1. The number of rotatable bonds is 6.